The Morgan fingerprint density at radius 1 is 1.16 bits per heavy atom. The van der Waals surface area contributed by atoms with Gasteiger partial charge < -0.3 is 19.5 Å². The van der Waals surface area contributed by atoms with E-state index in [-0.39, 0.29) is 11.9 Å². The number of aryl methyl sites for hydroxylation is 1. The number of ether oxygens (including phenoxy) is 1. The van der Waals surface area contributed by atoms with E-state index in [0.29, 0.717) is 36.0 Å². The molecule has 1 amide bonds. The Bertz CT molecular complexity index is 1070. The summed E-state index contributed by atoms with van der Waals surface area (Å²) in [6.45, 7) is 7.02. The molecule has 7 heteroatoms. The van der Waals surface area contributed by atoms with Gasteiger partial charge >= 0.3 is 0 Å². The van der Waals surface area contributed by atoms with Crippen LogP contribution in [0.4, 0.5) is 5.95 Å². The van der Waals surface area contributed by atoms with Crippen molar-refractivity contribution in [3.8, 4) is 5.88 Å². The Hall–Kier alpha value is -3.35. The number of nitrogens with one attached hydrogen (secondary N) is 1. The van der Waals surface area contributed by atoms with E-state index >= 15 is 0 Å². The highest BCUT2D eigenvalue weighted by atomic mass is 16.5. The summed E-state index contributed by atoms with van der Waals surface area (Å²) in [6.07, 6.45) is 3.55. The number of fused-ring (bicyclic) bond motifs is 1. The fourth-order valence-corrected chi connectivity index (χ4v) is 5.07. The van der Waals surface area contributed by atoms with Gasteiger partial charge in [0.15, 0.2) is 0 Å². The van der Waals surface area contributed by atoms with Crippen molar-refractivity contribution in [2.24, 2.45) is 11.8 Å². The van der Waals surface area contributed by atoms with E-state index in [1.165, 1.54) is 11.1 Å². The van der Waals surface area contributed by atoms with Crippen LogP contribution >= 0.6 is 0 Å². The van der Waals surface area contributed by atoms with Crippen LogP contribution in [0.2, 0.25) is 0 Å². The first-order valence-corrected chi connectivity index (χ1v) is 10.9. The van der Waals surface area contributed by atoms with Gasteiger partial charge in [-0.05, 0) is 37.1 Å². The van der Waals surface area contributed by atoms with E-state index in [9.17, 15) is 4.79 Å². The summed E-state index contributed by atoms with van der Waals surface area (Å²) < 4.78 is 5.56. The summed E-state index contributed by atoms with van der Waals surface area (Å²) >= 11 is 0. The second kappa shape index (κ2) is 8.06. The highest BCUT2D eigenvalue weighted by Crippen LogP contribution is 2.46. The van der Waals surface area contributed by atoms with Gasteiger partial charge in [-0.2, -0.15) is 4.98 Å². The highest BCUT2D eigenvalue weighted by molar-refractivity contribution is 5.93. The van der Waals surface area contributed by atoms with E-state index < -0.39 is 0 Å². The zero-order valence-electron chi connectivity index (χ0n) is 17.9. The molecule has 7 nitrogen and oxygen atoms in total. The molecule has 2 aliphatic rings. The van der Waals surface area contributed by atoms with E-state index in [1.54, 1.807) is 18.5 Å². The second-order valence-electron chi connectivity index (χ2n) is 8.30. The van der Waals surface area contributed by atoms with Crippen LogP contribution in [0.1, 0.15) is 34.6 Å². The molecule has 0 aliphatic carbocycles. The SMILES string of the molecule is CCOc1ccnc(N2C[C@H]3CN(C(=O)c4ccc[nH]4)[C@H](c4ccccc4C)[C@H]3C2)n1. The Balaban J connectivity index is 1.46. The lowest BCUT2D eigenvalue weighted by molar-refractivity contribution is 0.0710. The smallest absolute Gasteiger partial charge is 0.270 e. The Labute approximate surface area is 182 Å². The maximum atomic E-state index is 13.3. The fourth-order valence-electron chi connectivity index (χ4n) is 5.07. The summed E-state index contributed by atoms with van der Waals surface area (Å²) in [5.74, 6) is 2.05. The Kier molecular flexibility index (Phi) is 5.10. The largest absolute Gasteiger partial charge is 0.478 e. The van der Waals surface area contributed by atoms with Crippen molar-refractivity contribution >= 4 is 11.9 Å². The molecule has 0 bridgehead atoms. The molecule has 3 aromatic rings. The normalized spacial score (nSPS) is 22.6. The van der Waals surface area contributed by atoms with Gasteiger partial charge in [0.1, 0.15) is 5.69 Å². The molecule has 1 aromatic carbocycles. The number of H-pyrrole nitrogens is 1. The van der Waals surface area contributed by atoms with E-state index in [1.807, 2.05) is 19.1 Å². The standard InChI is InChI=1S/C24H27N5O2/c1-3-31-21-10-12-26-24(27-21)28-13-17-14-29(23(30)20-9-6-11-25-20)22(19(17)15-28)18-8-5-4-7-16(18)2/h4-12,17,19,22,25H,3,13-15H2,1-2H3/t17-,19-,22+/m0/s1. The first-order valence-electron chi connectivity index (χ1n) is 10.9. The van der Waals surface area contributed by atoms with Crippen LogP contribution in [-0.2, 0) is 0 Å². The molecular weight excluding hydrogens is 390 g/mol. The summed E-state index contributed by atoms with van der Waals surface area (Å²) in [5.41, 5.74) is 3.08. The van der Waals surface area contributed by atoms with Crippen molar-refractivity contribution < 1.29 is 9.53 Å². The van der Waals surface area contributed by atoms with Gasteiger partial charge in [-0.15, -0.1) is 0 Å². The summed E-state index contributed by atoms with van der Waals surface area (Å²) in [7, 11) is 0. The quantitative estimate of drug-likeness (QED) is 0.688. The van der Waals surface area contributed by atoms with Crippen molar-refractivity contribution in [3.05, 3.63) is 71.7 Å². The number of benzene rings is 1. The number of anilines is 1. The van der Waals surface area contributed by atoms with Crippen molar-refractivity contribution in [1.82, 2.24) is 19.9 Å². The lowest BCUT2D eigenvalue weighted by atomic mass is 9.87. The van der Waals surface area contributed by atoms with Crippen LogP contribution in [0.5, 0.6) is 5.88 Å². The number of likely N-dealkylation sites (tertiary alicyclic amines) is 1. The average molecular weight is 418 g/mol. The molecule has 2 aliphatic heterocycles. The molecule has 31 heavy (non-hydrogen) atoms. The van der Waals surface area contributed by atoms with Gasteiger partial charge in [0, 0.05) is 49.9 Å². The number of aromatic amines is 1. The first-order chi connectivity index (χ1) is 15.2. The molecular formula is C24H27N5O2. The minimum absolute atomic E-state index is 0.0297. The molecule has 0 unspecified atom stereocenters. The number of aromatic nitrogens is 3. The third kappa shape index (κ3) is 3.54. The topological polar surface area (TPSA) is 74.3 Å². The fraction of sp³-hybridized carbons (Fsp3) is 0.375. The number of carbonyl (C=O) groups excluding carboxylic acids is 1. The summed E-state index contributed by atoms with van der Waals surface area (Å²) in [4.78, 5) is 29.8. The van der Waals surface area contributed by atoms with Gasteiger partial charge in [0.2, 0.25) is 11.8 Å². The van der Waals surface area contributed by atoms with Crippen LogP contribution in [0.3, 0.4) is 0 Å². The highest BCUT2D eigenvalue weighted by Gasteiger charge is 2.50. The van der Waals surface area contributed by atoms with Crippen LogP contribution in [-0.4, -0.2) is 52.0 Å². The number of hydrogen-bond donors (Lipinski definition) is 1. The maximum absolute atomic E-state index is 13.3. The Morgan fingerprint density at radius 3 is 2.81 bits per heavy atom. The minimum Gasteiger partial charge on any atom is -0.478 e. The monoisotopic (exact) mass is 417 g/mol. The molecule has 2 saturated heterocycles. The molecule has 2 aromatic heterocycles. The Morgan fingerprint density at radius 2 is 2.03 bits per heavy atom. The van der Waals surface area contributed by atoms with Gasteiger partial charge in [-0.1, -0.05) is 24.3 Å². The zero-order chi connectivity index (χ0) is 21.4. The van der Waals surface area contributed by atoms with Gasteiger partial charge in [-0.3, -0.25) is 4.79 Å². The number of nitrogens with zero attached hydrogens (tertiary/aromatic N) is 4. The van der Waals surface area contributed by atoms with Crippen molar-refractivity contribution in [2.45, 2.75) is 19.9 Å². The molecule has 0 spiro atoms. The predicted molar refractivity (Wildman–Crippen MR) is 118 cm³/mol. The molecule has 0 saturated carbocycles. The second-order valence-corrected chi connectivity index (χ2v) is 8.30. The molecule has 3 atom stereocenters. The van der Waals surface area contributed by atoms with E-state index in [2.05, 4.69) is 55.9 Å². The number of rotatable bonds is 5. The predicted octanol–water partition coefficient (Wildman–Crippen LogP) is 3.46. The summed E-state index contributed by atoms with van der Waals surface area (Å²) in [6, 6.07) is 13.9. The van der Waals surface area contributed by atoms with E-state index in [0.717, 1.165) is 19.6 Å². The van der Waals surface area contributed by atoms with Gasteiger partial charge in [0.05, 0.1) is 12.6 Å². The summed E-state index contributed by atoms with van der Waals surface area (Å²) in [5, 5.41) is 0. The number of carbonyl (C=O) groups is 1. The third-order valence-electron chi connectivity index (χ3n) is 6.45. The van der Waals surface area contributed by atoms with Crippen molar-refractivity contribution in [2.75, 3.05) is 31.1 Å². The van der Waals surface area contributed by atoms with Crippen molar-refractivity contribution in [1.29, 1.82) is 0 Å². The molecule has 160 valence electrons. The maximum Gasteiger partial charge on any atom is 0.270 e. The molecule has 2 fully saturated rings. The van der Waals surface area contributed by atoms with Crippen LogP contribution in [0.15, 0.2) is 54.9 Å². The zero-order valence-corrected chi connectivity index (χ0v) is 17.9. The van der Waals surface area contributed by atoms with Crippen LogP contribution in [0.25, 0.3) is 0 Å². The molecule has 0 radical (unpaired) electrons. The number of hydrogen-bond acceptors (Lipinski definition) is 5. The van der Waals surface area contributed by atoms with Crippen molar-refractivity contribution in [3.63, 3.8) is 0 Å². The lowest BCUT2D eigenvalue weighted by Gasteiger charge is -2.30. The van der Waals surface area contributed by atoms with Crippen LogP contribution < -0.4 is 9.64 Å². The van der Waals surface area contributed by atoms with Gasteiger partial charge in [0.25, 0.3) is 5.91 Å². The lowest BCUT2D eigenvalue weighted by Crippen LogP contribution is -2.36. The van der Waals surface area contributed by atoms with Gasteiger partial charge in [-0.25, -0.2) is 4.98 Å². The average Bonchev–Trinajstić information content (AvgIpc) is 3.51. The number of amides is 1. The molecule has 4 heterocycles. The minimum atomic E-state index is 0.0297. The van der Waals surface area contributed by atoms with E-state index in [4.69, 9.17) is 4.74 Å². The molecule has 1 N–H and O–H groups in total. The third-order valence-corrected chi connectivity index (χ3v) is 6.45. The van der Waals surface area contributed by atoms with Crippen LogP contribution in [0, 0.1) is 18.8 Å². The first kappa shape index (κ1) is 19.6. The molecule has 5 rings (SSSR count).